The number of carbonyl (C=O) groups excluding carboxylic acids is 1. The first-order chi connectivity index (χ1) is 9.52. The van der Waals surface area contributed by atoms with Crippen molar-refractivity contribution in [1.29, 1.82) is 0 Å². The van der Waals surface area contributed by atoms with Crippen molar-refractivity contribution in [3.63, 3.8) is 0 Å². The quantitative estimate of drug-likeness (QED) is 0.510. The number of amides is 1. The van der Waals surface area contributed by atoms with E-state index in [-0.39, 0.29) is 16.9 Å². The summed E-state index contributed by atoms with van der Waals surface area (Å²) in [5, 5.41) is 14.0. The molecule has 8 heteroatoms. The Morgan fingerprint density at radius 2 is 2.30 bits per heavy atom. The molecule has 2 aromatic rings. The highest BCUT2D eigenvalue weighted by atomic mass is 32.1. The number of thiazole rings is 1. The average molecular weight is 292 g/mol. The van der Waals surface area contributed by atoms with Crippen molar-refractivity contribution < 1.29 is 9.72 Å². The van der Waals surface area contributed by atoms with E-state index >= 15 is 0 Å². The molecule has 0 unspecified atom stereocenters. The Labute approximate surface area is 118 Å². The third-order valence-corrected chi connectivity index (χ3v) is 3.48. The molecule has 0 aliphatic carbocycles. The molecule has 2 rings (SSSR count). The fourth-order valence-electron chi connectivity index (χ4n) is 1.65. The van der Waals surface area contributed by atoms with Gasteiger partial charge in [0.1, 0.15) is 5.00 Å². The van der Waals surface area contributed by atoms with E-state index in [1.165, 1.54) is 23.5 Å². The Kier molecular flexibility index (Phi) is 3.94. The highest BCUT2D eigenvalue weighted by Crippen LogP contribution is 2.24. The first-order valence-electron chi connectivity index (χ1n) is 5.80. The zero-order chi connectivity index (χ0) is 14.7. The Morgan fingerprint density at radius 3 is 2.95 bits per heavy atom. The summed E-state index contributed by atoms with van der Waals surface area (Å²) in [5.74, 6) is -0.481. The third kappa shape index (κ3) is 2.75. The second-order valence-electron chi connectivity index (χ2n) is 3.96. The van der Waals surface area contributed by atoms with Gasteiger partial charge in [0.2, 0.25) is 0 Å². The number of aryl methyl sites for hydroxylation is 1. The molecule has 1 aromatic carbocycles. The van der Waals surface area contributed by atoms with Gasteiger partial charge in [0.15, 0.2) is 0 Å². The van der Waals surface area contributed by atoms with Gasteiger partial charge in [-0.2, -0.15) is 0 Å². The number of hydrogen-bond donors (Lipinski definition) is 2. The minimum Gasteiger partial charge on any atom is -0.398 e. The Morgan fingerprint density at radius 1 is 1.55 bits per heavy atom. The monoisotopic (exact) mass is 292 g/mol. The number of hydrogen-bond acceptors (Lipinski definition) is 6. The van der Waals surface area contributed by atoms with Crippen LogP contribution in [0.4, 0.5) is 16.4 Å². The Balaban J connectivity index is 2.29. The van der Waals surface area contributed by atoms with Gasteiger partial charge >= 0.3 is 0 Å². The molecule has 104 valence electrons. The first kappa shape index (κ1) is 13.9. The highest BCUT2D eigenvalue weighted by molar-refractivity contribution is 7.14. The molecular weight excluding hydrogens is 280 g/mol. The Hall–Kier alpha value is -2.48. The fourth-order valence-corrected chi connectivity index (χ4v) is 2.42. The van der Waals surface area contributed by atoms with Gasteiger partial charge in [0.25, 0.3) is 11.6 Å². The molecule has 0 saturated heterocycles. The van der Waals surface area contributed by atoms with Gasteiger partial charge in [-0.1, -0.05) is 6.92 Å². The molecule has 1 heterocycles. The molecule has 0 aliphatic heterocycles. The van der Waals surface area contributed by atoms with Gasteiger partial charge in [-0.05, 0) is 12.5 Å². The molecule has 0 bridgehead atoms. The lowest BCUT2D eigenvalue weighted by atomic mass is 10.1. The summed E-state index contributed by atoms with van der Waals surface area (Å²) in [4.78, 5) is 26.4. The molecule has 1 aromatic heterocycles. The summed E-state index contributed by atoms with van der Waals surface area (Å²) in [6.45, 7) is 1.92. The lowest BCUT2D eigenvalue weighted by Gasteiger charge is -2.06. The van der Waals surface area contributed by atoms with Crippen LogP contribution in [-0.4, -0.2) is 15.8 Å². The number of nitrogens with two attached hydrogens (primary N) is 1. The second kappa shape index (κ2) is 5.66. The van der Waals surface area contributed by atoms with Crippen LogP contribution >= 0.6 is 11.3 Å². The standard InChI is InChI=1S/C12H12N4O3S/c1-2-10-12(20-6-14-10)15-11(17)8-5-7(16(18)19)3-4-9(8)13/h3-6H,2,13H2,1H3,(H,15,17). The maximum atomic E-state index is 12.1. The molecule has 1 amide bonds. The number of nitro groups is 1. The lowest BCUT2D eigenvalue weighted by molar-refractivity contribution is -0.384. The predicted molar refractivity (Wildman–Crippen MR) is 77.0 cm³/mol. The Bertz CT molecular complexity index is 668. The predicted octanol–water partition coefficient (Wildman–Crippen LogP) is 2.45. The van der Waals surface area contributed by atoms with E-state index in [1.54, 1.807) is 5.51 Å². The van der Waals surface area contributed by atoms with Crippen molar-refractivity contribution in [3.8, 4) is 0 Å². The highest BCUT2D eigenvalue weighted by Gasteiger charge is 2.17. The molecule has 7 nitrogen and oxygen atoms in total. The largest absolute Gasteiger partial charge is 0.398 e. The van der Waals surface area contributed by atoms with Gasteiger partial charge < -0.3 is 11.1 Å². The number of nitrogens with one attached hydrogen (secondary N) is 1. The van der Waals surface area contributed by atoms with Crippen LogP contribution in [0.1, 0.15) is 23.0 Å². The summed E-state index contributed by atoms with van der Waals surface area (Å²) in [5.41, 5.74) is 8.19. The van der Waals surface area contributed by atoms with Gasteiger partial charge in [0.05, 0.1) is 21.7 Å². The molecule has 0 aliphatic rings. The van der Waals surface area contributed by atoms with Crippen molar-refractivity contribution in [2.24, 2.45) is 0 Å². The topological polar surface area (TPSA) is 111 Å². The van der Waals surface area contributed by atoms with Gasteiger partial charge in [-0.25, -0.2) is 4.98 Å². The van der Waals surface area contributed by atoms with E-state index in [0.29, 0.717) is 11.4 Å². The number of anilines is 2. The van der Waals surface area contributed by atoms with Gasteiger partial charge in [0, 0.05) is 17.8 Å². The number of non-ortho nitro benzene ring substituents is 1. The van der Waals surface area contributed by atoms with Crippen LogP contribution in [0.3, 0.4) is 0 Å². The van der Waals surface area contributed by atoms with E-state index in [2.05, 4.69) is 10.3 Å². The normalized spacial score (nSPS) is 10.2. The minimum absolute atomic E-state index is 0.0784. The molecule has 0 radical (unpaired) electrons. The number of carbonyl (C=O) groups is 1. The summed E-state index contributed by atoms with van der Waals surface area (Å²) >= 11 is 1.30. The lowest BCUT2D eigenvalue weighted by Crippen LogP contribution is -2.14. The maximum Gasteiger partial charge on any atom is 0.270 e. The molecule has 0 fully saturated rings. The second-order valence-corrected chi connectivity index (χ2v) is 4.82. The van der Waals surface area contributed by atoms with Crippen LogP contribution in [0.15, 0.2) is 23.7 Å². The molecule has 20 heavy (non-hydrogen) atoms. The van der Waals surface area contributed by atoms with Crippen molar-refractivity contribution in [1.82, 2.24) is 4.98 Å². The zero-order valence-electron chi connectivity index (χ0n) is 10.6. The maximum absolute atomic E-state index is 12.1. The zero-order valence-corrected chi connectivity index (χ0v) is 11.4. The van der Waals surface area contributed by atoms with E-state index in [0.717, 1.165) is 11.8 Å². The van der Waals surface area contributed by atoms with Crippen LogP contribution in [-0.2, 0) is 6.42 Å². The fraction of sp³-hybridized carbons (Fsp3) is 0.167. The van der Waals surface area contributed by atoms with Crippen LogP contribution in [0.2, 0.25) is 0 Å². The average Bonchev–Trinajstić information content (AvgIpc) is 2.86. The summed E-state index contributed by atoms with van der Waals surface area (Å²) in [6.07, 6.45) is 0.684. The summed E-state index contributed by atoms with van der Waals surface area (Å²) in [6, 6.07) is 3.77. The van der Waals surface area contributed by atoms with Crippen LogP contribution in [0.5, 0.6) is 0 Å². The SMILES string of the molecule is CCc1ncsc1NC(=O)c1cc([N+](=O)[O-])ccc1N. The first-order valence-corrected chi connectivity index (χ1v) is 6.68. The molecule has 0 saturated carbocycles. The molecular formula is C12H12N4O3S. The van der Waals surface area contributed by atoms with Crippen LogP contribution < -0.4 is 11.1 Å². The minimum atomic E-state index is -0.569. The van der Waals surface area contributed by atoms with Crippen LogP contribution in [0, 0.1) is 10.1 Å². The van der Waals surface area contributed by atoms with Crippen molar-refractivity contribution >= 4 is 33.6 Å². The number of nitrogen functional groups attached to an aromatic ring is 1. The summed E-state index contributed by atoms with van der Waals surface area (Å²) < 4.78 is 0. The van der Waals surface area contributed by atoms with Crippen molar-refractivity contribution in [2.75, 3.05) is 11.1 Å². The molecule has 0 atom stereocenters. The van der Waals surface area contributed by atoms with E-state index in [9.17, 15) is 14.9 Å². The van der Waals surface area contributed by atoms with Crippen molar-refractivity contribution in [2.45, 2.75) is 13.3 Å². The third-order valence-electron chi connectivity index (χ3n) is 2.70. The van der Waals surface area contributed by atoms with Crippen molar-refractivity contribution in [3.05, 3.63) is 45.1 Å². The molecule has 3 N–H and O–H groups in total. The molecule has 0 spiro atoms. The van der Waals surface area contributed by atoms with E-state index in [1.807, 2.05) is 6.92 Å². The van der Waals surface area contributed by atoms with Gasteiger partial charge in [-0.15, -0.1) is 11.3 Å². The number of rotatable bonds is 4. The number of nitro benzene ring substituents is 1. The van der Waals surface area contributed by atoms with E-state index < -0.39 is 10.8 Å². The van der Waals surface area contributed by atoms with Crippen LogP contribution in [0.25, 0.3) is 0 Å². The summed E-state index contributed by atoms with van der Waals surface area (Å²) in [7, 11) is 0. The van der Waals surface area contributed by atoms with E-state index in [4.69, 9.17) is 5.73 Å². The number of aromatic nitrogens is 1. The smallest absolute Gasteiger partial charge is 0.270 e. The number of benzene rings is 1. The number of nitrogens with zero attached hydrogens (tertiary/aromatic N) is 2. The van der Waals surface area contributed by atoms with Gasteiger partial charge in [-0.3, -0.25) is 14.9 Å².